The number of amides is 1. The molecule has 150 valence electrons. The lowest BCUT2D eigenvalue weighted by Gasteiger charge is -2.24. The van der Waals surface area contributed by atoms with E-state index in [1.165, 1.54) is 11.1 Å². The number of hydrogen-bond donors (Lipinski definition) is 1. The topological polar surface area (TPSA) is 72.7 Å². The summed E-state index contributed by atoms with van der Waals surface area (Å²) in [7, 11) is 0. The summed E-state index contributed by atoms with van der Waals surface area (Å²) in [5, 5.41) is 12.5. The largest absolute Gasteiger partial charge is 0.350 e. The SMILES string of the molecule is Cc1c(C(=O)NCC2CCc3ccccc3C2)nnn1-c1ccc2ncccc2c1. The Labute approximate surface area is 175 Å². The van der Waals surface area contributed by atoms with Crippen molar-refractivity contribution >= 4 is 16.8 Å². The number of carbonyl (C=O) groups excluding carboxylic acids is 1. The third kappa shape index (κ3) is 3.45. The maximum Gasteiger partial charge on any atom is 0.273 e. The second-order valence-corrected chi connectivity index (χ2v) is 7.90. The van der Waals surface area contributed by atoms with Gasteiger partial charge >= 0.3 is 0 Å². The van der Waals surface area contributed by atoms with E-state index in [0.29, 0.717) is 18.2 Å². The minimum atomic E-state index is -0.167. The molecule has 2 heterocycles. The summed E-state index contributed by atoms with van der Waals surface area (Å²) in [4.78, 5) is 17.1. The molecule has 0 fully saturated rings. The Morgan fingerprint density at radius 3 is 2.90 bits per heavy atom. The minimum Gasteiger partial charge on any atom is -0.350 e. The van der Waals surface area contributed by atoms with E-state index in [0.717, 1.165) is 41.5 Å². The molecule has 0 radical (unpaired) electrons. The van der Waals surface area contributed by atoms with Gasteiger partial charge in [-0.25, -0.2) is 4.68 Å². The summed E-state index contributed by atoms with van der Waals surface area (Å²) < 4.78 is 1.71. The van der Waals surface area contributed by atoms with Gasteiger partial charge in [0.1, 0.15) is 0 Å². The molecule has 1 aliphatic carbocycles. The third-order valence-corrected chi connectivity index (χ3v) is 5.94. The number of carbonyl (C=O) groups is 1. The number of nitrogens with zero attached hydrogens (tertiary/aromatic N) is 4. The van der Waals surface area contributed by atoms with E-state index in [1.54, 1.807) is 10.9 Å². The molecule has 5 rings (SSSR count). The second-order valence-electron chi connectivity index (χ2n) is 7.90. The summed E-state index contributed by atoms with van der Waals surface area (Å²) in [5.41, 5.74) is 5.72. The van der Waals surface area contributed by atoms with Crippen molar-refractivity contribution in [3.63, 3.8) is 0 Å². The van der Waals surface area contributed by atoms with Crippen molar-refractivity contribution in [1.29, 1.82) is 0 Å². The van der Waals surface area contributed by atoms with Crippen molar-refractivity contribution in [2.75, 3.05) is 6.54 Å². The molecular formula is C24H23N5O. The van der Waals surface area contributed by atoms with E-state index in [9.17, 15) is 4.79 Å². The van der Waals surface area contributed by atoms with Crippen LogP contribution in [0.25, 0.3) is 16.6 Å². The van der Waals surface area contributed by atoms with Crippen LogP contribution in [0.5, 0.6) is 0 Å². The number of hydrogen-bond acceptors (Lipinski definition) is 4. The van der Waals surface area contributed by atoms with E-state index < -0.39 is 0 Å². The van der Waals surface area contributed by atoms with Gasteiger partial charge in [0.25, 0.3) is 5.91 Å². The quantitative estimate of drug-likeness (QED) is 0.570. The summed E-state index contributed by atoms with van der Waals surface area (Å²) in [5.74, 6) is 0.284. The maximum absolute atomic E-state index is 12.8. The third-order valence-electron chi connectivity index (χ3n) is 5.94. The zero-order chi connectivity index (χ0) is 20.5. The number of benzene rings is 2. The molecule has 1 atom stereocenters. The fourth-order valence-corrected chi connectivity index (χ4v) is 4.25. The number of fused-ring (bicyclic) bond motifs is 2. The molecule has 2 aromatic carbocycles. The number of pyridine rings is 1. The summed E-state index contributed by atoms with van der Waals surface area (Å²) in [6.07, 6.45) is 4.94. The average molecular weight is 397 g/mol. The van der Waals surface area contributed by atoms with Gasteiger partial charge in [-0.2, -0.15) is 0 Å². The van der Waals surface area contributed by atoms with Crippen LogP contribution < -0.4 is 5.32 Å². The number of rotatable bonds is 4. The van der Waals surface area contributed by atoms with Gasteiger partial charge in [-0.15, -0.1) is 5.10 Å². The Bertz CT molecular complexity index is 1230. The van der Waals surface area contributed by atoms with E-state index in [-0.39, 0.29) is 5.91 Å². The summed E-state index contributed by atoms with van der Waals surface area (Å²) >= 11 is 0. The first-order valence-electron chi connectivity index (χ1n) is 10.3. The number of nitrogens with one attached hydrogen (secondary N) is 1. The zero-order valence-corrected chi connectivity index (χ0v) is 16.9. The normalized spacial score (nSPS) is 15.7. The monoisotopic (exact) mass is 397 g/mol. The first-order valence-corrected chi connectivity index (χ1v) is 10.3. The van der Waals surface area contributed by atoms with Crippen LogP contribution in [0.15, 0.2) is 60.8 Å². The van der Waals surface area contributed by atoms with Crippen molar-refractivity contribution in [2.24, 2.45) is 5.92 Å². The van der Waals surface area contributed by atoms with Gasteiger partial charge in [-0.3, -0.25) is 9.78 Å². The van der Waals surface area contributed by atoms with Crippen LogP contribution in [-0.2, 0) is 12.8 Å². The van der Waals surface area contributed by atoms with Crippen LogP contribution in [0.3, 0.4) is 0 Å². The van der Waals surface area contributed by atoms with Crippen molar-refractivity contribution in [2.45, 2.75) is 26.2 Å². The molecule has 2 aromatic heterocycles. The van der Waals surface area contributed by atoms with E-state index in [1.807, 2.05) is 37.3 Å². The zero-order valence-electron chi connectivity index (χ0n) is 16.9. The molecule has 0 bridgehead atoms. The number of aryl methyl sites for hydroxylation is 1. The Hall–Kier alpha value is -3.54. The van der Waals surface area contributed by atoms with Gasteiger partial charge in [0.15, 0.2) is 5.69 Å². The Morgan fingerprint density at radius 1 is 1.13 bits per heavy atom. The highest BCUT2D eigenvalue weighted by Crippen LogP contribution is 2.25. The van der Waals surface area contributed by atoms with Gasteiger partial charge < -0.3 is 5.32 Å². The summed E-state index contributed by atoms with van der Waals surface area (Å²) in [6.45, 7) is 2.53. The van der Waals surface area contributed by atoms with Crippen molar-refractivity contribution in [3.8, 4) is 5.69 Å². The fraction of sp³-hybridized carbons (Fsp3) is 0.250. The van der Waals surface area contributed by atoms with Gasteiger partial charge in [0.2, 0.25) is 0 Å². The van der Waals surface area contributed by atoms with Crippen LogP contribution in [0.2, 0.25) is 0 Å². The molecule has 4 aromatic rings. The molecule has 1 aliphatic rings. The molecule has 6 nitrogen and oxygen atoms in total. The lowest BCUT2D eigenvalue weighted by molar-refractivity contribution is 0.0940. The van der Waals surface area contributed by atoms with Crippen LogP contribution in [0.1, 0.15) is 33.7 Å². The van der Waals surface area contributed by atoms with Crippen molar-refractivity contribution in [3.05, 3.63) is 83.3 Å². The molecule has 1 amide bonds. The molecule has 6 heteroatoms. The van der Waals surface area contributed by atoms with Crippen molar-refractivity contribution in [1.82, 2.24) is 25.3 Å². The van der Waals surface area contributed by atoms with Gasteiger partial charge in [-0.1, -0.05) is 35.5 Å². The molecule has 0 saturated heterocycles. The first-order chi connectivity index (χ1) is 14.7. The molecule has 30 heavy (non-hydrogen) atoms. The highest BCUT2D eigenvalue weighted by Gasteiger charge is 2.21. The van der Waals surface area contributed by atoms with Gasteiger partial charge in [-0.05, 0) is 67.5 Å². The fourth-order valence-electron chi connectivity index (χ4n) is 4.25. The standard InChI is InChI=1S/C24H23N5O/c1-16-23(24(30)26-15-17-8-9-18-5-2-3-6-19(18)13-17)27-28-29(16)21-10-11-22-20(14-21)7-4-12-25-22/h2-7,10-12,14,17H,8-9,13,15H2,1H3,(H,26,30). The minimum absolute atomic E-state index is 0.167. The molecule has 1 unspecified atom stereocenters. The highest BCUT2D eigenvalue weighted by atomic mass is 16.2. The predicted octanol–water partition coefficient (Wildman–Crippen LogP) is 3.66. The van der Waals surface area contributed by atoms with E-state index in [2.05, 4.69) is 44.9 Å². The Balaban J connectivity index is 1.29. The Kier molecular flexibility index (Phi) is 4.75. The maximum atomic E-state index is 12.8. The average Bonchev–Trinajstić information content (AvgIpc) is 3.18. The smallest absolute Gasteiger partial charge is 0.273 e. The molecule has 1 N–H and O–H groups in total. The first kappa shape index (κ1) is 18.5. The highest BCUT2D eigenvalue weighted by molar-refractivity contribution is 5.93. The van der Waals surface area contributed by atoms with Crippen molar-refractivity contribution < 1.29 is 4.79 Å². The molecular weight excluding hydrogens is 374 g/mol. The van der Waals surface area contributed by atoms with Crippen LogP contribution in [0.4, 0.5) is 0 Å². The molecule has 0 aliphatic heterocycles. The molecule has 0 spiro atoms. The predicted molar refractivity (Wildman–Crippen MR) is 116 cm³/mol. The van der Waals surface area contributed by atoms with Crippen LogP contribution in [0, 0.1) is 12.8 Å². The van der Waals surface area contributed by atoms with E-state index >= 15 is 0 Å². The van der Waals surface area contributed by atoms with E-state index in [4.69, 9.17) is 0 Å². The second kappa shape index (κ2) is 7.71. The Morgan fingerprint density at radius 2 is 2.00 bits per heavy atom. The summed E-state index contributed by atoms with van der Waals surface area (Å²) in [6, 6.07) is 18.4. The van der Waals surface area contributed by atoms with Crippen LogP contribution >= 0.6 is 0 Å². The lowest BCUT2D eigenvalue weighted by atomic mass is 9.84. The van der Waals surface area contributed by atoms with Crippen LogP contribution in [-0.4, -0.2) is 32.4 Å². The lowest BCUT2D eigenvalue weighted by Crippen LogP contribution is -2.32. The van der Waals surface area contributed by atoms with Gasteiger partial charge in [0.05, 0.1) is 16.9 Å². The van der Waals surface area contributed by atoms with Gasteiger partial charge in [0, 0.05) is 18.1 Å². The number of aromatic nitrogens is 4. The molecule has 0 saturated carbocycles.